The molecule has 1 aromatic carbocycles. The number of halogens is 1. The molecular formula is C15H19FN2O3. The number of anilines is 1. The molecule has 1 atom stereocenters. The third-order valence-corrected chi connectivity index (χ3v) is 3.63. The second-order valence-corrected chi connectivity index (χ2v) is 5.18. The van der Waals surface area contributed by atoms with Crippen LogP contribution in [-0.4, -0.2) is 54.0 Å². The number of aliphatic hydroxyl groups is 1. The molecular weight excluding hydrogens is 275 g/mol. The Morgan fingerprint density at radius 1 is 1.24 bits per heavy atom. The van der Waals surface area contributed by atoms with E-state index in [0.29, 0.717) is 31.9 Å². The van der Waals surface area contributed by atoms with Gasteiger partial charge in [0.05, 0.1) is 11.3 Å². The summed E-state index contributed by atoms with van der Waals surface area (Å²) < 4.78 is 13.8. The molecule has 0 radical (unpaired) electrons. The maximum Gasteiger partial charge on any atom is 0.251 e. The number of carbonyl (C=O) groups is 2. The molecule has 0 spiro atoms. The van der Waals surface area contributed by atoms with Crippen molar-refractivity contribution in [2.45, 2.75) is 20.0 Å². The predicted octanol–water partition coefficient (Wildman–Crippen LogP) is 1.06. The summed E-state index contributed by atoms with van der Waals surface area (Å²) in [7, 11) is 0. The molecule has 0 aromatic heterocycles. The van der Waals surface area contributed by atoms with Gasteiger partial charge in [-0.2, -0.15) is 0 Å². The summed E-state index contributed by atoms with van der Waals surface area (Å²) >= 11 is 0. The first kappa shape index (κ1) is 15.4. The third-order valence-electron chi connectivity index (χ3n) is 3.63. The van der Waals surface area contributed by atoms with Crippen LogP contribution in [0.5, 0.6) is 0 Å². The van der Waals surface area contributed by atoms with Gasteiger partial charge in [0.15, 0.2) is 5.78 Å². The lowest BCUT2D eigenvalue weighted by molar-refractivity contribution is -0.139. The van der Waals surface area contributed by atoms with Crippen molar-refractivity contribution in [1.82, 2.24) is 4.90 Å². The summed E-state index contributed by atoms with van der Waals surface area (Å²) in [6.45, 7) is 4.67. The Labute approximate surface area is 123 Å². The van der Waals surface area contributed by atoms with Gasteiger partial charge in [-0.1, -0.05) is 6.07 Å². The van der Waals surface area contributed by atoms with E-state index in [-0.39, 0.29) is 17.3 Å². The second kappa shape index (κ2) is 6.22. The zero-order valence-electron chi connectivity index (χ0n) is 12.2. The van der Waals surface area contributed by atoms with Crippen LogP contribution in [-0.2, 0) is 4.79 Å². The van der Waals surface area contributed by atoms with Crippen LogP contribution in [0.15, 0.2) is 18.2 Å². The fourth-order valence-electron chi connectivity index (χ4n) is 2.56. The van der Waals surface area contributed by atoms with Gasteiger partial charge in [0.2, 0.25) is 0 Å². The molecule has 0 bridgehead atoms. The molecule has 2 rings (SSSR count). The first-order valence-electron chi connectivity index (χ1n) is 6.93. The molecule has 6 heteroatoms. The molecule has 0 unspecified atom stereocenters. The summed E-state index contributed by atoms with van der Waals surface area (Å²) in [5, 5.41) is 9.31. The average Bonchev–Trinajstić information content (AvgIpc) is 2.46. The molecule has 0 aliphatic carbocycles. The Kier molecular flexibility index (Phi) is 4.57. The minimum atomic E-state index is -1.02. The van der Waals surface area contributed by atoms with E-state index < -0.39 is 11.9 Å². The number of nitrogens with zero attached hydrogens (tertiary/aromatic N) is 2. The number of aliphatic hydroxyl groups excluding tert-OH is 1. The molecule has 5 nitrogen and oxygen atoms in total. The van der Waals surface area contributed by atoms with E-state index in [1.807, 2.05) is 4.90 Å². The van der Waals surface area contributed by atoms with Crippen LogP contribution in [0, 0.1) is 5.82 Å². The number of amides is 1. The summed E-state index contributed by atoms with van der Waals surface area (Å²) in [4.78, 5) is 26.8. The van der Waals surface area contributed by atoms with Crippen LogP contribution < -0.4 is 4.90 Å². The fourth-order valence-corrected chi connectivity index (χ4v) is 2.56. The van der Waals surface area contributed by atoms with E-state index in [1.54, 1.807) is 17.0 Å². The fraction of sp³-hybridized carbons (Fsp3) is 0.467. The van der Waals surface area contributed by atoms with Crippen molar-refractivity contribution in [2.75, 3.05) is 31.1 Å². The Balaban J connectivity index is 2.15. The maximum absolute atomic E-state index is 13.8. The van der Waals surface area contributed by atoms with Gasteiger partial charge < -0.3 is 14.9 Å². The van der Waals surface area contributed by atoms with Gasteiger partial charge in [-0.05, 0) is 26.0 Å². The lowest BCUT2D eigenvalue weighted by atomic mass is 10.1. The van der Waals surface area contributed by atoms with Gasteiger partial charge in [-0.15, -0.1) is 0 Å². The number of benzene rings is 1. The number of hydrogen-bond acceptors (Lipinski definition) is 4. The zero-order chi connectivity index (χ0) is 15.6. The van der Waals surface area contributed by atoms with Crippen molar-refractivity contribution < 1.29 is 19.1 Å². The number of carbonyl (C=O) groups excluding carboxylic acids is 2. The van der Waals surface area contributed by atoms with Crippen LogP contribution in [0.25, 0.3) is 0 Å². The van der Waals surface area contributed by atoms with Gasteiger partial charge in [-0.3, -0.25) is 9.59 Å². The van der Waals surface area contributed by atoms with Crippen LogP contribution >= 0.6 is 0 Å². The normalized spacial score (nSPS) is 16.8. The minimum Gasteiger partial charge on any atom is -0.384 e. The average molecular weight is 294 g/mol. The van der Waals surface area contributed by atoms with Gasteiger partial charge >= 0.3 is 0 Å². The van der Waals surface area contributed by atoms with Crippen molar-refractivity contribution in [2.24, 2.45) is 0 Å². The first-order valence-corrected chi connectivity index (χ1v) is 6.93. The third kappa shape index (κ3) is 3.21. The number of rotatable bonds is 3. The summed E-state index contributed by atoms with van der Waals surface area (Å²) in [5.41, 5.74) is 0.652. The van der Waals surface area contributed by atoms with E-state index in [4.69, 9.17) is 0 Å². The minimum absolute atomic E-state index is 0.0906. The number of hydrogen-bond donors (Lipinski definition) is 1. The van der Waals surface area contributed by atoms with Crippen LogP contribution in [0.2, 0.25) is 0 Å². The highest BCUT2D eigenvalue weighted by Gasteiger charge is 2.26. The molecule has 1 amide bonds. The largest absolute Gasteiger partial charge is 0.384 e. The van der Waals surface area contributed by atoms with Crippen molar-refractivity contribution in [1.29, 1.82) is 0 Å². The van der Waals surface area contributed by atoms with E-state index in [9.17, 15) is 19.1 Å². The molecule has 1 aliphatic rings. The molecule has 0 saturated carbocycles. The van der Waals surface area contributed by atoms with Crippen molar-refractivity contribution in [3.63, 3.8) is 0 Å². The van der Waals surface area contributed by atoms with Crippen LogP contribution in [0.4, 0.5) is 10.1 Å². The second-order valence-electron chi connectivity index (χ2n) is 5.18. The smallest absolute Gasteiger partial charge is 0.251 e. The number of piperazine rings is 1. The van der Waals surface area contributed by atoms with E-state index in [2.05, 4.69) is 0 Å². The molecule has 114 valence electrons. The van der Waals surface area contributed by atoms with Crippen molar-refractivity contribution in [3.05, 3.63) is 29.6 Å². The molecule has 1 saturated heterocycles. The lowest BCUT2D eigenvalue weighted by Gasteiger charge is -2.37. The Hall–Kier alpha value is -1.95. The first-order chi connectivity index (χ1) is 9.91. The Morgan fingerprint density at radius 3 is 2.38 bits per heavy atom. The molecule has 21 heavy (non-hydrogen) atoms. The molecule has 1 N–H and O–H groups in total. The van der Waals surface area contributed by atoms with Crippen LogP contribution in [0.3, 0.4) is 0 Å². The highest BCUT2D eigenvalue weighted by molar-refractivity contribution is 6.00. The monoisotopic (exact) mass is 294 g/mol. The number of ketones is 1. The van der Waals surface area contributed by atoms with E-state index in [0.717, 1.165) is 0 Å². The van der Waals surface area contributed by atoms with Crippen molar-refractivity contribution in [3.8, 4) is 0 Å². The van der Waals surface area contributed by atoms with Crippen LogP contribution in [0.1, 0.15) is 24.2 Å². The number of Topliss-reactive ketones (excluding diaryl/α,β-unsaturated/α-hetero) is 1. The van der Waals surface area contributed by atoms with E-state index in [1.165, 1.54) is 19.9 Å². The van der Waals surface area contributed by atoms with Gasteiger partial charge in [0, 0.05) is 26.2 Å². The lowest BCUT2D eigenvalue weighted by Crippen LogP contribution is -2.51. The summed E-state index contributed by atoms with van der Waals surface area (Å²) in [6, 6.07) is 4.56. The van der Waals surface area contributed by atoms with Crippen molar-refractivity contribution >= 4 is 17.4 Å². The topological polar surface area (TPSA) is 60.9 Å². The molecule has 1 aliphatic heterocycles. The van der Waals surface area contributed by atoms with Gasteiger partial charge in [0.1, 0.15) is 11.9 Å². The Morgan fingerprint density at radius 2 is 1.86 bits per heavy atom. The highest BCUT2D eigenvalue weighted by Crippen LogP contribution is 2.25. The summed E-state index contributed by atoms with van der Waals surface area (Å²) in [5.74, 6) is -1.14. The SMILES string of the molecule is CC(=O)c1c(F)cccc1N1CCN(C(=O)[C@@H](C)O)CC1. The molecule has 1 heterocycles. The summed E-state index contributed by atoms with van der Waals surface area (Å²) in [6.07, 6.45) is -1.02. The van der Waals surface area contributed by atoms with Gasteiger partial charge in [-0.25, -0.2) is 4.39 Å². The predicted molar refractivity (Wildman–Crippen MR) is 76.9 cm³/mol. The Bertz CT molecular complexity index is 552. The van der Waals surface area contributed by atoms with Gasteiger partial charge in [0.25, 0.3) is 5.91 Å². The highest BCUT2D eigenvalue weighted by atomic mass is 19.1. The molecule has 1 fully saturated rings. The zero-order valence-corrected chi connectivity index (χ0v) is 12.2. The molecule has 1 aromatic rings. The van der Waals surface area contributed by atoms with E-state index >= 15 is 0 Å². The maximum atomic E-state index is 13.8. The quantitative estimate of drug-likeness (QED) is 0.847. The standard InChI is InChI=1S/C15H19FN2O3/c1-10(19)14-12(16)4-3-5-13(14)17-6-8-18(9-7-17)15(21)11(2)20/h3-5,11,20H,6-9H2,1-2H3/t11-/m1/s1.